The Labute approximate surface area is 160 Å². The van der Waals surface area contributed by atoms with Crippen LogP contribution in [-0.4, -0.2) is 24.7 Å². The Morgan fingerprint density at radius 2 is 1.88 bits per heavy atom. The lowest BCUT2D eigenvalue weighted by molar-refractivity contribution is 0.262. The molecule has 3 rings (SSSR count). The standard InChI is InChI=1S/C17H16ClN3O3S2/c1-10(2)26(23,24)17-21-14-8-7-11(9-15(14)25-17)19-16(22)20-13-6-4-3-5-12(13)18/h3-10H,1-2H3,(H2,19,20,22). The van der Waals surface area contributed by atoms with Crippen molar-refractivity contribution in [2.24, 2.45) is 0 Å². The molecule has 0 saturated heterocycles. The first-order valence-electron chi connectivity index (χ1n) is 7.74. The first-order chi connectivity index (χ1) is 12.3. The normalized spacial score (nSPS) is 11.7. The van der Waals surface area contributed by atoms with E-state index in [0.29, 0.717) is 26.6 Å². The Kier molecular flexibility index (Phi) is 5.17. The van der Waals surface area contributed by atoms with Crippen LogP contribution in [0.3, 0.4) is 0 Å². The van der Waals surface area contributed by atoms with E-state index in [0.717, 1.165) is 11.3 Å². The van der Waals surface area contributed by atoms with Gasteiger partial charge in [-0.3, -0.25) is 0 Å². The molecule has 0 bridgehead atoms. The van der Waals surface area contributed by atoms with E-state index >= 15 is 0 Å². The molecule has 0 atom stereocenters. The molecule has 0 fully saturated rings. The summed E-state index contributed by atoms with van der Waals surface area (Å²) in [7, 11) is -3.43. The predicted octanol–water partition coefficient (Wildman–Crippen LogP) is 4.78. The van der Waals surface area contributed by atoms with Gasteiger partial charge in [-0.05, 0) is 44.2 Å². The molecule has 1 heterocycles. The first kappa shape index (κ1) is 18.6. The maximum atomic E-state index is 12.3. The van der Waals surface area contributed by atoms with E-state index in [1.54, 1.807) is 56.3 Å². The minimum atomic E-state index is -3.43. The van der Waals surface area contributed by atoms with E-state index in [4.69, 9.17) is 11.6 Å². The molecule has 2 N–H and O–H groups in total. The maximum absolute atomic E-state index is 12.3. The van der Waals surface area contributed by atoms with Gasteiger partial charge in [0.2, 0.25) is 14.2 Å². The van der Waals surface area contributed by atoms with E-state index in [2.05, 4.69) is 15.6 Å². The summed E-state index contributed by atoms with van der Waals surface area (Å²) in [5, 5.41) is 5.26. The number of para-hydroxylation sites is 1. The van der Waals surface area contributed by atoms with E-state index in [-0.39, 0.29) is 4.34 Å². The number of amides is 2. The highest BCUT2D eigenvalue weighted by Crippen LogP contribution is 2.30. The van der Waals surface area contributed by atoms with Gasteiger partial charge in [-0.25, -0.2) is 18.2 Å². The van der Waals surface area contributed by atoms with Crippen molar-refractivity contribution in [1.29, 1.82) is 0 Å². The van der Waals surface area contributed by atoms with Gasteiger partial charge in [0.05, 0.1) is 26.2 Å². The minimum Gasteiger partial charge on any atom is -0.308 e. The number of carbonyl (C=O) groups excluding carboxylic acids is 1. The molecule has 6 nitrogen and oxygen atoms in total. The fourth-order valence-electron chi connectivity index (χ4n) is 2.15. The molecule has 9 heteroatoms. The number of hydrogen-bond acceptors (Lipinski definition) is 5. The van der Waals surface area contributed by atoms with Crippen molar-refractivity contribution < 1.29 is 13.2 Å². The summed E-state index contributed by atoms with van der Waals surface area (Å²) in [5.74, 6) is 0. The summed E-state index contributed by atoms with van der Waals surface area (Å²) in [5.41, 5.74) is 1.60. The predicted molar refractivity (Wildman–Crippen MR) is 106 cm³/mol. The molecule has 0 aliphatic carbocycles. The number of rotatable bonds is 4. The number of urea groups is 1. The molecule has 26 heavy (non-hydrogen) atoms. The average Bonchev–Trinajstić information content (AvgIpc) is 3.01. The number of anilines is 2. The van der Waals surface area contributed by atoms with Gasteiger partial charge in [-0.15, -0.1) is 11.3 Å². The zero-order chi connectivity index (χ0) is 18.9. The van der Waals surface area contributed by atoms with Gasteiger partial charge in [0, 0.05) is 5.69 Å². The molecule has 0 unspecified atom stereocenters. The van der Waals surface area contributed by atoms with E-state index in [1.807, 2.05) is 0 Å². The summed E-state index contributed by atoms with van der Waals surface area (Å²) in [6.45, 7) is 3.24. The van der Waals surface area contributed by atoms with E-state index in [9.17, 15) is 13.2 Å². The highest BCUT2D eigenvalue weighted by molar-refractivity contribution is 7.94. The van der Waals surface area contributed by atoms with E-state index < -0.39 is 21.1 Å². The fraction of sp³-hybridized carbons (Fsp3) is 0.176. The molecule has 0 radical (unpaired) electrons. The Morgan fingerprint density at radius 3 is 2.58 bits per heavy atom. The Bertz CT molecular complexity index is 1080. The van der Waals surface area contributed by atoms with Crippen molar-refractivity contribution in [2.75, 3.05) is 10.6 Å². The molecule has 2 amide bonds. The number of nitrogens with zero attached hydrogens (tertiary/aromatic N) is 1. The van der Waals surface area contributed by atoms with Crippen LogP contribution in [0.15, 0.2) is 46.8 Å². The number of hydrogen-bond donors (Lipinski definition) is 2. The third kappa shape index (κ3) is 3.82. The lowest BCUT2D eigenvalue weighted by Gasteiger charge is -2.08. The molecule has 1 aromatic heterocycles. The third-order valence-electron chi connectivity index (χ3n) is 3.61. The largest absolute Gasteiger partial charge is 0.323 e. The number of fused-ring (bicyclic) bond motifs is 1. The molecular weight excluding hydrogens is 394 g/mol. The van der Waals surface area contributed by atoms with Crippen LogP contribution in [0.5, 0.6) is 0 Å². The second-order valence-electron chi connectivity index (χ2n) is 5.82. The van der Waals surface area contributed by atoms with Crippen LogP contribution in [0.1, 0.15) is 13.8 Å². The van der Waals surface area contributed by atoms with Crippen LogP contribution in [0.25, 0.3) is 10.2 Å². The summed E-state index contributed by atoms with van der Waals surface area (Å²) in [6.07, 6.45) is 0. The van der Waals surface area contributed by atoms with Gasteiger partial charge in [0.1, 0.15) is 0 Å². The molecule has 0 saturated carbocycles. The van der Waals surface area contributed by atoms with Crippen LogP contribution < -0.4 is 10.6 Å². The SMILES string of the molecule is CC(C)S(=O)(=O)c1nc2ccc(NC(=O)Nc3ccccc3Cl)cc2s1. The number of thiazole rings is 1. The average molecular weight is 410 g/mol. The third-order valence-corrected chi connectivity index (χ3v) is 7.52. The van der Waals surface area contributed by atoms with Crippen LogP contribution in [-0.2, 0) is 9.84 Å². The number of benzene rings is 2. The first-order valence-corrected chi connectivity index (χ1v) is 10.5. The minimum absolute atomic E-state index is 0.0835. The van der Waals surface area contributed by atoms with Crippen molar-refractivity contribution in [1.82, 2.24) is 4.98 Å². The van der Waals surface area contributed by atoms with Crippen LogP contribution in [0, 0.1) is 0 Å². The number of aromatic nitrogens is 1. The topological polar surface area (TPSA) is 88.2 Å². The maximum Gasteiger partial charge on any atom is 0.323 e. The van der Waals surface area contributed by atoms with Gasteiger partial charge in [-0.2, -0.15) is 0 Å². The molecular formula is C17H16ClN3O3S2. The molecule has 2 aromatic carbocycles. The van der Waals surface area contributed by atoms with Crippen molar-refractivity contribution in [3.63, 3.8) is 0 Å². The van der Waals surface area contributed by atoms with Crippen LogP contribution >= 0.6 is 22.9 Å². The van der Waals surface area contributed by atoms with Crippen molar-refractivity contribution in [3.05, 3.63) is 47.5 Å². The highest BCUT2D eigenvalue weighted by atomic mass is 35.5. The van der Waals surface area contributed by atoms with Crippen molar-refractivity contribution >= 4 is 60.4 Å². The van der Waals surface area contributed by atoms with Crippen LogP contribution in [0.2, 0.25) is 5.02 Å². The zero-order valence-electron chi connectivity index (χ0n) is 14.0. The molecule has 0 aliphatic heterocycles. The second kappa shape index (κ2) is 7.22. The number of sulfone groups is 1. The smallest absolute Gasteiger partial charge is 0.308 e. The number of halogens is 1. The van der Waals surface area contributed by atoms with Gasteiger partial charge in [0.25, 0.3) is 0 Å². The summed E-state index contributed by atoms with van der Waals surface area (Å²) < 4.78 is 25.3. The van der Waals surface area contributed by atoms with Crippen LogP contribution in [0.4, 0.5) is 16.2 Å². The lowest BCUT2D eigenvalue weighted by Crippen LogP contribution is -2.19. The Morgan fingerprint density at radius 1 is 1.15 bits per heavy atom. The summed E-state index contributed by atoms with van der Waals surface area (Å²) in [4.78, 5) is 16.3. The van der Waals surface area contributed by atoms with E-state index in [1.165, 1.54) is 0 Å². The summed E-state index contributed by atoms with van der Waals surface area (Å²) >= 11 is 7.10. The number of nitrogens with one attached hydrogen (secondary N) is 2. The summed E-state index contributed by atoms with van der Waals surface area (Å²) in [6, 6.07) is 11.5. The lowest BCUT2D eigenvalue weighted by atomic mass is 10.3. The monoisotopic (exact) mass is 409 g/mol. The molecule has 0 aliphatic rings. The highest BCUT2D eigenvalue weighted by Gasteiger charge is 2.23. The van der Waals surface area contributed by atoms with Gasteiger partial charge in [0.15, 0.2) is 0 Å². The van der Waals surface area contributed by atoms with Gasteiger partial charge >= 0.3 is 6.03 Å². The molecule has 3 aromatic rings. The molecule has 0 spiro atoms. The number of carbonyl (C=O) groups is 1. The quantitative estimate of drug-likeness (QED) is 0.649. The van der Waals surface area contributed by atoms with Gasteiger partial charge in [-0.1, -0.05) is 23.7 Å². The van der Waals surface area contributed by atoms with Crippen molar-refractivity contribution in [3.8, 4) is 0 Å². The van der Waals surface area contributed by atoms with Gasteiger partial charge < -0.3 is 10.6 Å². The van der Waals surface area contributed by atoms with Crippen molar-refractivity contribution in [2.45, 2.75) is 23.4 Å². The Hall–Kier alpha value is -2.16. The Balaban J connectivity index is 1.81. The second-order valence-corrected chi connectivity index (χ2v) is 9.93. The fourth-order valence-corrected chi connectivity index (χ4v) is 5.01. The zero-order valence-corrected chi connectivity index (χ0v) is 16.4. The molecule has 136 valence electrons.